The van der Waals surface area contributed by atoms with E-state index in [1.54, 1.807) is 12.3 Å². The van der Waals surface area contributed by atoms with Crippen molar-refractivity contribution in [3.05, 3.63) is 59.4 Å². The van der Waals surface area contributed by atoms with Gasteiger partial charge >= 0.3 is 0 Å². The summed E-state index contributed by atoms with van der Waals surface area (Å²) in [5, 5.41) is 3.27. The van der Waals surface area contributed by atoms with Gasteiger partial charge in [-0.15, -0.1) is 0 Å². The van der Waals surface area contributed by atoms with Crippen LogP contribution in [0.5, 0.6) is 0 Å². The van der Waals surface area contributed by atoms with Crippen LogP contribution in [0.2, 0.25) is 0 Å². The second-order valence-corrected chi connectivity index (χ2v) is 4.98. The third-order valence-electron chi connectivity index (χ3n) is 3.33. The molecule has 1 amide bonds. The molecule has 4 nitrogen and oxygen atoms in total. The Hall–Kier alpha value is -2.36. The highest BCUT2D eigenvalue weighted by molar-refractivity contribution is 5.98. The third-order valence-corrected chi connectivity index (χ3v) is 3.33. The first-order valence-corrected chi connectivity index (χ1v) is 6.62. The Balaban J connectivity index is 2.05. The average Bonchev–Trinajstić information content (AvgIpc) is 2.45. The summed E-state index contributed by atoms with van der Waals surface area (Å²) in [6.45, 7) is 4.94. The SMILES string of the molecule is Cc1ccc(C(C)CNc2ccncc2C(N)=O)cc1. The number of carbonyl (C=O) groups excluding carboxylic acids is 1. The molecule has 1 aromatic carbocycles. The number of anilines is 1. The van der Waals surface area contributed by atoms with E-state index in [1.807, 2.05) is 0 Å². The molecule has 0 aliphatic rings. The average molecular weight is 269 g/mol. The number of primary amides is 1. The summed E-state index contributed by atoms with van der Waals surface area (Å²) < 4.78 is 0. The number of nitrogens with one attached hydrogen (secondary N) is 1. The summed E-state index contributed by atoms with van der Waals surface area (Å²) in [6, 6.07) is 10.2. The van der Waals surface area contributed by atoms with Gasteiger partial charge in [0.2, 0.25) is 0 Å². The van der Waals surface area contributed by atoms with Crippen LogP contribution in [-0.2, 0) is 0 Å². The van der Waals surface area contributed by atoms with E-state index in [4.69, 9.17) is 5.73 Å². The molecule has 0 saturated carbocycles. The van der Waals surface area contributed by atoms with Gasteiger partial charge in [-0.2, -0.15) is 0 Å². The first kappa shape index (κ1) is 14.1. The molecule has 0 saturated heterocycles. The van der Waals surface area contributed by atoms with Crippen molar-refractivity contribution in [3.63, 3.8) is 0 Å². The van der Waals surface area contributed by atoms with Crippen LogP contribution in [0.15, 0.2) is 42.7 Å². The maximum absolute atomic E-state index is 11.3. The lowest BCUT2D eigenvalue weighted by Crippen LogP contribution is -2.17. The van der Waals surface area contributed by atoms with Gasteiger partial charge in [-0.05, 0) is 24.5 Å². The first-order chi connectivity index (χ1) is 9.58. The zero-order chi connectivity index (χ0) is 14.5. The summed E-state index contributed by atoms with van der Waals surface area (Å²) in [7, 11) is 0. The first-order valence-electron chi connectivity index (χ1n) is 6.62. The van der Waals surface area contributed by atoms with E-state index >= 15 is 0 Å². The Morgan fingerprint density at radius 1 is 1.30 bits per heavy atom. The summed E-state index contributed by atoms with van der Waals surface area (Å²) in [4.78, 5) is 15.2. The zero-order valence-electron chi connectivity index (χ0n) is 11.8. The molecule has 1 atom stereocenters. The second-order valence-electron chi connectivity index (χ2n) is 4.98. The van der Waals surface area contributed by atoms with E-state index < -0.39 is 5.91 Å². The van der Waals surface area contributed by atoms with Gasteiger partial charge < -0.3 is 11.1 Å². The number of carbonyl (C=O) groups is 1. The molecule has 0 radical (unpaired) electrons. The molecule has 1 heterocycles. The van der Waals surface area contributed by atoms with Crippen LogP contribution in [0.3, 0.4) is 0 Å². The van der Waals surface area contributed by atoms with Crippen molar-refractivity contribution in [2.75, 3.05) is 11.9 Å². The third kappa shape index (κ3) is 3.35. The molecule has 104 valence electrons. The standard InChI is InChI=1S/C16H19N3O/c1-11-3-5-13(6-4-11)12(2)9-19-15-7-8-18-10-14(15)16(17)20/h3-8,10,12H,9H2,1-2H3,(H2,17,20)(H,18,19). The number of aromatic nitrogens is 1. The maximum atomic E-state index is 11.3. The van der Waals surface area contributed by atoms with Gasteiger partial charge in [0.1, 0.15) is 0 Å². The summed E-state index contributed by atoms with van der Waals surface area (Å²) in [5.41, 5.74) is 8.99. The van der Waals surface area contributed by atoms with Crippen molar-refractivity contribution in [1.29, 1.82) is 0 Å². The van der Waals surface area contributed by atoms with Crippen molar-refractivity contribution in [2.24, 2.45) is 5.73 Å². The van der Waals surface area contributed by atoms with Crippen LogP contribution < -0.4 is 11.1 Å². The van der Waals surface area contributed by atoms with E-state index in [-0.39, 0.29) is 0 Å². The summed E-state index contributed by atoms with van der Waals surface area (Å²) >= 11 is 0. The smallest absolute Gasteiger partial charge is 0.252 e. The van der Waals surface area contributed by atoms with Crippen LogP contribution in [0.25, 0.3) is 0 Å². The number of benzene rings is 1. The number of amides is 1. The van der Waals surface area contributed by atoms with E-state index in [1.165, 1.54) is 17.3 Å². The molecule has 0 aliphatic heterocycles. The number of nitrogens with two attached hydrogens (primary N) is 1. The molecular weight excluding hydrogens is 250 g/mol. The van der Waals surface area contributed by atoms with Crippen molar-refractivity contribution >= 4 is 11.6 Å². The molecule has 0 spiro atoms. The number of pyridine rings is 1. The monoisotopic (exact) mass is 269 g/mol. The van der Waals surface area contributed by atoms with Crippen LogP contribution in [-0.4, -0.2) is 17.4 Å². The highest BCUT2D eigenvalue weighted by atomic mass is 16.1. The Morgan fingerprint density at radius 2 is 2.00 bits per heavy atom. The topological polar surface area (TPSA) is 68.0 Å². The fraction of sp³-hybridized carbons (Fsp3) is 0.250. The molecule has 2 rings (SSSR count). The molecule has 3 N–H and O–H groups in total. The van der Waals surface area contributed by atoms with Crippen molar-refractivity contribution in [2.45, 2.75) is 19.8 Å². The highest BCUT2D eigenvalue weighted by Crippen LogP contribution is 2.18. The highest BCUT2D eigenvalue weighted by Gasteiger charge is 2.10. The van der Waals surface area contributed by atoms with Crippen molar-refractivity contribution in [1.82, 2.24) is 4.98 Å². The number of aryl methyl sites for hydroxylation is 1. The number of hydrogen-bond donors (Lipinski definition) is 2. The minimum absolute atomic E-state index is 0.337. The number of rotatable bonds is 5. The Kier molecular flexibility index (Phi) is 4.35. The van der Waals surface area contributed by atoms with Gasteiger partial charge in [0, 0.05) is 18.9 Å². The Bertz CT molecular complexity index is 593. The fourth-order valence-corrected chi connectivity index (χ4v) is 2.02. The van der Waals surface area contributed by atoms with Crippen molar-refractivity contribution < 1.29 is 4.79 Å². The largest absolute Gasteiger partial charge is 0.384 e. The van der Waals surface area contributed by atoms with Crippen LogP contribution in [0.4, 0.5) is 5.69 Å². The van der Waals surface area contributed by atoms with E-state index in [0.717, 1.165) is 12.2 Å². The Labute approximate surface area is 119 Å². The summed E-state index contributed by atoms with van der Waals surface area (Å²) in [5.74, 6) is -0.131. The van der Waals surface area contributed by atoms with Gasteiger partial charge in [0.25, 0.3) is 5.91 Å². The predicted molar refractivity (Wildman–Crippen MR) is 80.8 cm³/mol. The molecule has 2 aromatic rings. The molecule has 0 bridgehead atoms. The second kappa shape index (κ2) is 6.19. The van der Waals surface area contributed by atoms with Crippen molar-refractivity contribution in [3.8, 4) is 0 Å². The minimum Gasteiger partial charge on any atom is -0.384 e. The lowest BCUT2D eigenvalue weighted by Gasteiger charge is -2.15. The van der Waals surface area contributed by atoms with Crippen LogP contribution in [0, 0.1) is 6.92 Å². The summed E-state index contributed by atoms with van der Waals surface area (Å²) in [6.07, 6.45) is 3.13. The molecular formula is C16H19N3O. The predicted octanol–water partition coefficient (Wildman–Crippen LogP) is 2.70. The van der Waals surface area contributed by atoms with E-state index in [0.29, 0.717) is 11.5 Å². The van der Waals surface area contributed by atoms with Gasteiger partial charge in [-0.1, -0.05) is 36.8 Å². The van der Waals surface area contributed by atoms with Gasteiger partial charge in [-0.25, -0.2) is 0 Å². The van der Waals surface area contributed by atoms with E-state index in [2.05, 4.69) is 48.4 Å². The zero-order valence-corrected chi connectivity index (χ0v) is 11.8. The van der Waals surface area contributed by atoms with Gasteiger partial charge in [-0.3, -0.25) is 9.78 Å². The lowest BCUT2D eigenvalue weighted by molar-refractivity contribution is 0.100. The number of hydrogen-bond acceptors (Lipinski definition) is 3. The minimum atomic E-state index is -0.469. The maximum Gasteiger partial charge on any atom is 0.252 e. The molecule has 20 heavy (non-hydrogen) atoms. The van der Waals surface area contributed by atoms with Crippen LogP contribution in [0.1, 0.15) is 34.3 Å². The van der Waals surface area contributed by atoms with E-state index in [9.17, 15) is 4.79 Å². The molecule has 1 unspecified atom stereocenters. The number of nitrogens with zero attached hydrogens (tertiary/aromatic N) is 1. The van der Waals surface area contributed by atoms with Crippen LogP contribution >= 0.6 is 0 Å². The fourth-order valence-electron chi connectivity index (χ4n) is 2.02. The normalized spacial score (nSPS) is 11.9. The molecule has 4 heteroatoms. The molecule has 1 aromatic heterocycles. The van der Waals surface area contributed by atoms with Gasteiger partial charge in [0.05, 0.1) is 11.3 Å². The molecule has 0 aliphatic carbocycles. The Morgan fingerprint density at radius 3 is 2.65 bits per heavy atom. The lowest BCUT2D eigenvalue weighted by atomic mass is 10.00. The van der Waals surface area contributed by atoms with Gasteiger partial charge in [0.15, 0.2) is 0 Å². The quantitative estimate of drug-likeness (QED) is 0.877. The molecule has 0 fully saturated rings.